The van der Waals surface area contributed by atoms with Crippen molar-refractivity contribution >= 4 is 35.8 Å². The molecule has 0 unspecified atom stereocenters. The van der Waals surface area contributed by atoms with Crippen molar-refractivity contribution in [1.29, 1.82) is 0 Å². The fraction of sp³-hybridized carbons (Fsp3) is 0.543. The van der Waals surface area contributed by atoms with Crippen LogP contribution in [0.2, 0.25) is 0 Å². The highest BCUT2D eigenvalue weighted by Crippen LogP contribution is 2.68. The molecule has 1 aliphatic heterocycles. The number of carbonyl (C=O) groups excluding carboxylic acids is 6. The molecule has 2 aromatic heterocycles. The largest absolute Gasteiger partial charge is 0.465 e. The summed E-state index contributed by atoms with van der Waals surface area (Å²) in [6, 6.07) is 6.02. The molecule has 1 spiro atoms. The van der Waals surface area contributed by atoms with Gasteiger partial charge in [0.05, 0.1) is 22.6 Å². The summed E-state index contributed by atoms with van der Waals surface area (Å²) in [7, 11) is 0. The van der Waals surface area contributed by atoms with E-state index >= 15 is 0 Å². The van der Waals surface area contributed by atoms with Gasteiger partial charge in [-0.25, -0.2) is 9.59 Å². The lowest BCUT2D eigenvalue weighted by atomic mass is 9.47. The van der Waals surface area contributed by atoms with Gasteiger partial charge in [0, 0.05) is 52.5 Å². The van der Waals surface area contributed by atoms with Crippen molar-refractivity contribution in [2.45, 2.75) is 96.6 Å². The minimum Gasteiger partial charge on any atom is -0.465 e. The maximum Gasteiger partial charge on any atom is 0.340 e. The van der Waals surface area contributed by atoms with Crippen molar-refractivity contribution in [3.05, 3.63) is 60.2 Å². The molecule has 268 valence electrons. The first kappa shape index (κ1) is 36.4. The summed E-state index contributed by atoms with van der Waals surface area (Å²) < 4.78 is 43.1. The van der Waals surface area contributed by atoms with Crippen LogP contribution in [0.1, 0.15) is 75.6 Å². The van der Waals surface area contributed by atoms with Gasteiger partial charge in [-0.1, -0.05) is 6.92 Å². The van der Waals surface area contributed by atoms with Gasteiger partial charge >= 0.3 is 35.8 Å². The van der Waals surface area contributed by atoms with Crippen molar-refractivity contribution in [3.8, 4) is 0 Å². The Labute approximate surface area is 288 Å². The molecule has 15 nitrogen and oxygen atoms in total. The topological polar surface area (TPSA) is 193 Å². The average molecular weight is 697 g/mol. The second-order valence-corrected chi connectivity index (χ2v) is 13.4. The van der Waals surface area contributed by atoms with Crippen LogP contribution < -0.4 is 0 Å². The predicted octanol–water partition coefficient (Wildman–Crippen LogP) is 2.79. The first-order valence-electron chi connectivity index (χ1n) is 16.1. The van der Waals surface area contributed by atoms with Crippen LogP contribution in [-0.2, 0) is 52.3 Å². The zero-order valence-corrected chi connectivity index (χ0v) is 28.8. The first-order chi connectivity index (χ1) is 23.5. The molecule has 50 heavy (non-hydrogen) atoms. The molecule has 2 saturated carbocycles. The highest BCUT2D eigenvalue weighted by molar-refractivity contribution is 5.89. The van der Waals surface area contributed by atoms with E-state index in [0.29, 0.717) is 0 Å². The molecule has 5 rings (SSSR count). The van der Waals surface area contributed by atoms with Crippen molar-refractivity contribution in [1.82, 2.24) is 9.97 Å². The predicted molar refractivity (Wildman–Crippen MR) is 168 cm³/mol. The molecule has 0 N–H and O–H groups in total. The maximum atomic E-state index is 13.8. The Bertz CT molecular complexity index is 1650. The van der Waals surface area contributed by atoms with Crippen LogP contribution in [0.15, 0.2) is 49.1 Å². The van der Waals surface area contributed by atoms with E-state index in [2.05, 4.69) is 9.97 Å². The third-order valence-corrected chi connectivity index (χ3v) is 9.72. The Kier molecular flexibility index (Phi) is 10.0. The van der Waals surface area contributed by atoms with Gasteiger partial charge < -0.3 is 33.2 Å². The van der Waals surface area contributed by atoms with Gasteiger partial charge in [0.2, 0.25) is 0 Å². The Morgan fingerprint density at radius 2 is 1.26 bits per heavy atom. The van der Waals surface area contributed by atoms with Gasteiger partial charge in [0.15, 0.2) is 12.2 Å². The van der Waals surface area contributed by atoms with Crippen LogP contribution in [-0.4, -0.2) is 94.1 Å². The van der Waals surface area contributed by atoms with Gasteiger partial charge in [0.25, 0.3) is 0 Å². The van der Waals surface area contributed by atoms with E-state index < -0.39 is 101 Å². The van der Waals surface area contributed by atoms with Crippen LogP contribution in [0.5, 0.6) is 0 Å². The number of pyridine rings is 2. The van der Waals surface area contributed by atoms with Gasteiger partial charge in [-0.3, -0.25) is 29.1 Å². The Hall–Kier alpha value is -4.92. The first-order valence-corrected chi connectivity index (χ1v) is 16.1. The molecule has 0 radical (unpaired) electrons. The summed E-state index contributed by atoms with van der Waals surface area (Å²) in [5.74, 6) is -6.56. The number of fused-ring (bicyclic) bond motifs is 1. The lowest BCUT2D eigenvalue weighted by molar-refractivity contribution is -0.329. The molecule has 9 atom stereocenters. The third-order valence-electron chi connectivity index (χ3n) is 9.72. The number of hydrogen-bond acceptors (Lipinski definition) is 15. The normalized spacial score (nSPS) is 32.0. The Morgan fingerprint density at radius 1 is 0.740 bits per heavy atom. The van der Waals surface area contributed by atoms with Gasteiger partial charge in [-0.05, 0) is 50.5 Å². The maximum absolute atomic E-state index is 13.8. The fourth-order valence-electron chi connectivity index (χ4n) is 8.18. The zero-order valence-electron chi connectivity index (χ0n) is 28.8. The van der Waals surface area contributed by atoms with E-state index in [1.165, 1.54) is 56.0 Å². The molecule has 2 aliphatic carbocycles. The molecular formula is C35H40N2O13. The van der Waals surface area contributed by atoms with E-state index in [1.807, 2.05) is 0 Å². The highest BCUT2D eigenvalue weighted by Gasteiger charge is 2.85. The SMILES string of the molecule is CC(=O)OC[C@]12[C@H](OC(C)=O)[C@@H](OC(=O)c3cccnc3)[C@@H]3[C@H](OC(C)=O)[C@]1(OC3(C)C)[C@H](C)C[C@H](OC(=O)c1cccnc1)[C@@H]2OC(C)=O. The number of carbonyl (C=O) groups is 6. The number of hydrogen-bond donors (Lipinski definition) is 0. The van der Waals surface area contributed by atoms with Gasteiger partial charge in [-0.15, -0.1) is 0 Å². The summed E-state index contributed by atoms with van der Waals surface area (Å²) in [6.45, 7) is 9.06. The third kappa shape index (κ3) is 6.30. The lowest BCUT2D eigenvalue weighted by Crippen LogP contribution is -2.81. The highest BCUT2D eigenvalue weighted by atomic mass is 16.6. The molecule has 1 saturated heterocycles. The molecule has 15 heteroatoms. The quantitative estimate of drug-likeness (QED) is 0.274. The molecule has 3 aliphatic rings. The molecule has 0 amide bonds. The second kappa shape index (κ2) is 13.8. The van der Waals surface area contributed by atoms with Gasteiger partial charge in [0.1, 0.15) is 35.9 Å². The Balaban J connectivity index is 1.81. The zero-order chi connectivity index (χ0) is 36.6. The van der Waals surface area contributed by atoms with E-state index in [0.717, 1.165) is 20.8 Å². The molecule has 3 fully saturated rings. The van der Waals surface area contributed by atoms with E-state index in [-0.39, 0.29) is 17.5 Å². The summed E-state index contributed by atoms with van der Waals surface area (Å²) in [5.41, 5.74) is -4.92. The number of ether oxygens (including phenoxy) is 7. The van der Waals surface area contributed by atoms with E-state index in [4.69, 9.17) is 33.2 Å². The van der Waals surface area contributed by atoms with E-state index in [1.54, 1.807) is 20.8 Å². The Morgan fingerprint density at radius 3 is 1.76 bits per heavy atom. The molecule has 3 heterocycles. The number of esters is 6. The number of aromatic nitrogens is 2. The average Bonchev–Trinajstić information content (AvgIpc) is 3.24. The summed E-state index contributed by atoms with van der Waals surface area (Å²) in [4.78, 5) is 86.9. The standard InChI is InChI=1S/C35H40N2O13/c1-18-14-25(48-31(42)23-10-8-12-36-15-23)28(45-20(3)39)34(17-44-19(2)38)30(47-22(5)41)27(49-32(43)24-11-9-13-37-16-24)26-29(46-21(4)40)35(18,34)50-33(26,6)7/h8-13,15-16,18,25-30H,14,17H2,1-7H3/t18-,25+,26-,27+,28+,29+,30-,34+,35-/m1/s1. The van der Waals surface area contributed by atoms with Crippen molar-refractivity contribution in [2.75, 3.05) is 6.61 Å². The summed E-state index contributed by atoms with van der Waals surface area (Å²) in [5, 5.41) is 0. The number of nitrogens with zero attached hydrogens (tertiary/aromatic N) is 2. The monoisotopic (exact) mass is 696 g/mol. The van der Waals surface area contributed by atoms with Crippen LogP contribution >= 0.6 is 0 Å². The fourth-order valence-corrected chi connectivity index (χ4v) is 8.18. The van der Waals surface area contributed by atoms with Crippen molar-refractivity contribution < 1.29 is 61.9 Å². The van der Waals surface area contributed by atoms with Crippen molar-refractivity contribution in [3.63, 3.8) is 0 Å². The summed E-state index contributed by atoms with van der Waals surface area (Å²) in [6.07, 6.45) is -1.69. The van der Waals surface area contributed by atoms with Crippen LogP contribution in [0.25, 0.3) is 0 Å². The van der Waals surface area contributed by atoms with E-state index in [9.17, 15) is 28.8 Å². The van der Waals surface area contributed by atoms with Crippen LogP contribution in [0.4, 0.5) is 0 Å². The molecule has 2 aromatic rings. The molecule has 2 bridgehead atoms. The van der Waals surface area contributed by atoms with Gasteiger partial charge in [-0.2, -0.15) is 0 Å². The van der Waals surface area contributed by atoms with Crippen LogP contribution in [0.3, 0.4) is 0 Å². The minimum atomic E-state index is -2.03. The smallest absolute Gasteiger partial charge is 0.340 e. The lowest BCUT2D eigenvalue weighted by Gasteiger charge is -2.64. The van der Waals surface area contributed by atoms with Crippen molar-refractivity contribution in [2.24, 2.45) is 17.3 Å². The van der Waals surface area contributed by atoms with Crippen LogP contribution in [0, 0.1) is 17.3 Å². The molecule has 0 aromatic carbocycles. The number of rotatable bonds is 9. The second-order valence-electron chi connectivity index (χ2n) is 13.4. The summed E-state index contributed by atoms with van der Waals surface area (Å²) >= 11 is 0. The molecular weight excluding hydrogens is 656 g/mol. The minimum absolute atomic E-state index is 0.0146.